The fourth-order valence-corrected chi connectivity index (χ4v) is 3.13. The average Bonchev–Trinajstić information content (AvgIpc) is 3.21. The van der Waals surface area contributed by atoms with Crippen LogP contribution in [0.3, 0.4) is 0 Å². The maximum absolute atomic E-state index is 12.2. The number of carbonyl (C=O) groups excluding carboxylic acids is 2. The number of nitrogens with two attached hydrogens (primary N) is 1. The summed E-state index contributed by atoms with van der Waals surface area (Å²) in [5, 5.41) is 3.33. The summed E-state index contributed by atoms with van der Waals surface area (Å²) in [5.41, 5.74) is 8.01. The van der Waals surface area contributed by atoms with E-state index in [1.165, 1.54) is 0 Å². The third kappa shape index (κ3) is 5.48. The first-order valence-corrected chi connectivity index (χ1v) is 9.21. The molecule has 2 aromatic carbocycles. The zero-order valence-corrected chi connectivity index (χ0v) is 15.3. The molecule has 6 nitrogen and oxygen atoms in total. The van der Waals surface area contributed by atoms with Crippen LogP contribution in [0.25, 0.3) is 0 Å². The molecule has 27 heavy (non-hydrogen) atoms. The summed E-state index contributed by atoms with van der Waals surface area (Å²) in [7, 11) is 0. The van der Waals surface area contributed by atoms with E-state index in [-0.39, 0.29) is 24.8 Å². The van der Waals surface area contributed by atoms with Crippen molar-refractivity contribution in [3.63, 3.8) is 0 Å². The number of benzene rings is 2. The van der Waals surface area contributed by atoms with Gasteiger partial charge in [0.25, 0.3) is 5.91 Å². The van der Waals surface area contributed by atoms with Crippen molar-refractivity contribution in [1.29, 1.82) is 0 Å². The van der Waals surface area contributed by atoms with Crippen molar-refractivity contribution in [2.45, 2.75) is 25.8 Å². The van der Waals surface area contributed by atoms with Gasteiger partial charge in [-0.3, -0.25) is 9.59 Å². The smallest absolute Gasteiger partial charge is 0.260 e. The van der Waals surface area contributed by atoms with Gasteiger partial charge in [-0.1, -0.05) is 30.3 Å². The van der Waals surface area contributed by atoms with E-state index in [4.69, 9.17) is 10.5 Å². The molecule has 1 aliphatic rings. The first-order chi connectivity index (χ1) is 13.1. The van der Waals surface area contributed by atoms with E-state index in [1.807, 2.05) is 53.4 Å². The van der Waals surface area contributed by atoms with E-state index in [0.717, 1.165) is 42.7 Å². The highest BCUT2D eigenvalue weighted by atomic mass is 16.5. The molecule has 0 saturated carbocycles. The Morgan fingerprint density at radius 1 is 1.04 bits per heavy atom. The molecule has 1 aliphatic heterocycles. The van der Waals surface area contributed by atoms with Gasteiger partial charge in [0.1, 0.15) is 5.75 Å². The lowest BCUT2D eigenvalue weighted by Gasteiger charge is -2.17. The molecule has 1 saturated heterocycles. The summed E-state index contributed by atoms with van der Waals surface area (Å²) in [5.74, 6) is 0.411. The van der Waals surface area contributed by atoms with E-state index >= 15 is 0 Å². The number of nitrogens with zero attached hydrogens (tertiary/aromatic N) is 1. The first-order valence-electron chi connectivity index (χ1n) is 9.21. The molecular formula is C21H25N3O3. The van der Waals surface area contributed by atoms with Gasteiger partial charge in [0.15, 0.2) is 6.61 Å². The van der Waals surface area contributed by atoms with Crippen molar-refractivity contribution in [3.05, 3.63) is 59.7 Å². The first kappa shape index (κ1) is 18.8. The van der Waals surface area contributed by atoms with E-state index < -0.39 is 0 Å². The Bertz CT molecular complexity index is 784. The van der Waals surface area contributed by atoms with Gasteiger partial charge < -0.3 is 20.7 Å². The Morgan fingerprint density at radius 3 is 2.44 bits per heavy atom. The summed E-state index contributed by atoms with van der Waals surface area (Å²) < 4.78 is 5.78. The summed E-state index contributed by atoms with van der Waals surface area (Å²) in [4.78, 5) is 25.0. The summed E-state index contributed by atoms with van der Waals surface area (Å²) in [6.07, 6.45) is 2.39. The van der Waals surface area contributed by atoms with Crippen LogP contribution in [0.5, 0.6) is 5.75 Å². The SMILES string of the molecule is NC(=O)Cc1ccc(NCc2ccccc2OCC(=O)N2CCCC2)cc1. The molecule has 2 aromatic rings. The number of para-hydroxylation sites is 1. The van der Waals surface area contributed by atoms with Gasteiger partial charge in [0.2, 0.25) is 5.91 Å². The molecule has 3 rings (SSSR count). The van der Waals surface area contributed by atoms with Crippen molar-refractivity contribution < 1.29 is 14.3 Å². The number of hydrogen-bond donors (Lipinski definition) is 2. The Morgan fingerprint density at radius 2 is 1.74 bits per heavy atom. The molecule has 0 atom stereocenters. The molecule has 1 heterocycles. The van der Waals surface area contributed by atoms with E-state index in [1.54, 1.807) is 0 Å². The second kappa shape index (κ2) is 9.07. The van der Waals surface area contributed by atoms with Crippen LogP contribution in [-0.4, -0.2) is 36.4 Å². The molecule has 0 aliphatic carbocycles. The minimum absolute atomic E-state index is 0.0419. The largest absolute Gasteiger partial charge is 0.483 e. The van der Waals surface area contributed by atoms with Crippen molar-refractivity contribution in [1.82, 2.24) is 4.90 Å². The lowest BCUT2D eigenvalue weighted by Crippen LogP contribution is -2.32. The fourth-order valence-electron chi connectivity index (χ4n) is 3.13. The molecule has 6 heteroatoms. The molecule has 0 aromatic heterocycles. The molecule has 1 fully saturated rings. The van der Waals surface area contributed by atoms with Gasteiger partial charge in [0, 0.05) is 30.9 Å². The normalized spacial score (nSPS) is 13.4. The number of rotatable bonds is 8. The second-order valence-corrected chi connectivity index (χ2v) is 6.68. The van der Waals surface area contributed by atoms with E-state index in [9.17, 15) is 9.59 Å². The van der Waals surface area contributed by atoms with Crippen molar-refractivity contribution >= 4 is 17.5 Å². The van der Waals surface area contributed by atoms with Crippen molar-refractivity contribution in [3.8, 4) is 5.75 Å². The fraction of sp³-hybridized carbons (Fsp3) is 0.333. The Hall–Kier alpha value is -3.02. The van der Waals surface area contributed by atoms with Gasteiger partial charge in [-0.25, -0.2) is 0 Å². The minimum Gasteiger partial charge on any atom is -0.483 e. The summed E-state index contributed by atoms with van der Waals surface area (Å²) in [6, 6.07) is 15.3. The quantitative estimate of drug-likeness (QED) is 0.750. The minimum atomic E-state index is -0.342. The molecule has 0 radical (unpaired) electrons. The van der Waals surface area contributed by atoms with Crippen LogP contribution in [0.2, 0.25) is 0 Å². The molecule has 0 unspecified atom stereocenters. The predicted octanol–water partition coefficient (Wildman–Crippen LogP) is 2.33. The Labute approximate surface area is 159 Å². The van der Waals surface area contributed by atoms with Crippen LogP contribution in [0.4, 0.5) is 5.69 Å². The third-order valence-corrected chi connectivity index (χ3v) is 4.60. The highest BCUT2D eigenvalue weighted by molar-refractivity contribution is 5.78. The van der Waals surface area contributed by atoms with E-state index in [2.05, 4.69) is 5.32 Å². The van der Waals surface area contributed by atoms with Gasteiger partial charge in [-0.2, -0.15) is 0 Å². The van der Waals surface area contributed by atoms with Gasteiger partial charge in [0.05, 0.1) is 6.42 Å². The molecule has 2 amide bonds. The maximum Gasteiger partial charge on any atom is 0.260 e. The van der Waals surface area contributed by atoms with Gasteiger partial charge in [-0.15, -0.1) is 0 Å². The molecule has 0 bridgehead atoms. The number of anilines is 1. The lowest BCUT2D eigenvalue weighted by molar-refractivity contribution is -0.132. The maximum atomic E-state index is 12.2. The number of amides is 2. The third-order valence-electron chi connectivity index (χ3n) is 4.60. The Kier molecular flexibility index (Phi) is 6.30. The van der Waals surface area contributed by atoms with Crippen LogP contribution in [0, 0.1) is 0 Å². The zero-order chi connectivity index (χ0) is 19.1. The number of ether oxygens (including phenoxy) is 1. The second-order valence-electron chi connectivity index (χ2n) is 6.68. The van der Waals surface area contributed by atoms with Crippen molar-refractivity contribution in [2.24, 2.45) is 5.73 Å². The molecular weight excluding hydrogens is 342 g/mol. The van der Waals surface area contributed by atoms with Crippen LogP contribution < -0.4 is 15.8 Å². The number of nitrogens with one attached hydrogen (secondary N) is 1. The van der Waals surface area contributed by atoms with Gasteiger partial charge in [-0.05, 0) is 36.6 Å². The predicted molar refractivity (Wildman–Crippen MR) is 104 cm³/mol. The summed E-state index contributed by atoms with van der Waals surface area (Å²) >= 11 is 0. The molecule has 3 N–H and O–H groups in total. The Balaban J connectivity index is 1.55. The van der Waals surface area contributed by atoms with Crippen molar-refractivity contribution in [2.75, 3.05) is 25.0 Å². The number of hydrogen-bond acceptors (Lipinski definition) is 4. The average molecular weight is 367 g/mol. The molecule has 0 spiro atoms. The summed E-state index contributed by atoms with van der Waals surface area (Å²) in [6.45, 7) is 2.30. The van der Waals surface area contributed by atoms with Crippen LogP contribution in [0.15, 0.2) is 48.5 Å². The highest BCUT2D eigenvalue weighted by Crippen LogP contribution is 2.20. The van der Waals surface area contributed by atoms with Crippen LogP contribution in [-0.2, 0) is 22.6 Å². The standard InChI is InChI=1S/C21H25N3O3/c22-20(25)13-16-7-9-18(10-8-16)23-14-17-5-1-2-6-19(17)27-15-21(26)24-11-3-4-12-24/h1-2,5-10,23H,3-4,11-15H2,(H2,22,25). The number of primary amides is 1. The molecule has 142 valence electrons. The van der Waals surface area contributed by atoms with E-state index in [0.29, 0.717) is 12.3 Å². The highest BCUT2D eigenvalue weighted by Gasteiger charge is 2.18. The number of likely N-dealkylation sites (tertiary alicyclic amines) is 1. The van der Waals surface area contributed by atoms with Crippen LogP contribution in [0.1, 0.15) is 24.0 Å². The number of carbonyl (C=O) groups is 2. The topological polar surface area (TPSA) is 84.7 Å². The van der Waals surface area contributed by atoms with Crippen LogP contribution >= 0.6 is 0 Å². The van der Waals surface area contributed by atoms with Gasteiger partial charge >= 0.3 is 0 Å². The monoisotopic (exact) mass is 367 g/mol. The lowest BCUT2D eigenvalue weighted by atomic mass is 10.1. The zero-order valence-electron chi connectivity index (χ0n) is 15.3.